The van der Waals surface area contributed by atoms with E-state index in [1.54, 1.807) is 25.3 Å². The van der Waals surface area contributed by atoms with Crippen LogP contribution in [0.25, 0.3) is 0 Å². The molecule has 1 aliphatic rings. The van der Waals surface area contributed by atoms with Crippen LogP contribution in [-0.4, -0.2) is 30.0 Å². The fourth-order valence-electron chi connectivity index (χ4n) is 2.88. The van der Waals surface area contributed by atoms with Crippen LogP contribution >= 0.6 is 0 Å². The summed E-state index contributed by atoms with van der Waals surface area (Å²) in [5.74, 6) is -0.648. The SMILES string of the molecule is COC(=O)C1CCCCCC1NC(=O)c1cccnc1C. The van der Waals surface area contributed by atoms with E-state index < -0.39 is 0 Å². The molecule has 2 atom stereocenters. The molecule has 0 aliphatic heterocycles. The zero-order chi connectivity index (χ0) is 15.2. The first kappa shape index (κ1) is 15.5. The summed E-state index contributed by atoms with van der Waals surface area (Å²) in [4.78, 5) is 28.5. The lowest BCUT2D eigenvalue weighted by Gasteiger charge is -2.24. The molecule has 1 amide bonds. The first-order valence-corrected chi connectivity index (χ1v) is 7.43. The summed E-state index contributed by atoms with van der Waals surface area (Å²) in [7, 11) is 1.40. The molecule has 1 aliphatic carbocycles. The van der Waals surface area contributed by atoms with Gasteiger partial charge in [0.1, 0.15) is 0 Å². The Morgan fingerprint density at radius 3 is 2.76 bits per heavy atom. The maximum Gasteiger partial charge on any atom is 0.310 e. The van der Waals surface area contributed by atoms with Crippen LogP contribution in [0.5, 0.6) is 0 Å². The molecule has 1 fully saturated rings. The molecule has 0 aromatic carbocycles. The van der Waals surface area contributed by atoms with Crippen molar-refractivity contribution in [2.45, 2.75) is 45.1 Å². The molecule has 0 spiro atoms. The van der Waals surface area contributed by atoms with Crippen molar-refractivity contribution in [2.75, 3.05) is 7.11 Å². The quantitative estimate of drug-likeness (QED) is 0.685. The van der Waals surface area contributed by atoms with E-state index in [9.17, 15) is 9.59 Å². The van der Waals surface area contributed by atoms with Crippen LogP contribution in [0.3, 0.4) is 0 Å². The summed E-state index contributed by atoms with van der Waals surface area (Å²) < 4.78 is 4.88. The number of carbonyl (C=O) groups is 2. The zero-order valence-corrected chi connectivity index (χ0v) is 12.6. The molecule has 5 heteroatoms. The van der Waals surface area contributed by atoms with E-state index in [1.807, 2.05) is 0 Å². The van der Waals surface area contributed by atoms with Gasteiger partial charge in [-0.05, 0) is 31.9 Å². The molecule has 0 saturated heterocycles. The topological polar surface area (TPSA) is 68.3 Å². The van der Waals surface area contributed by atoms with E-state index in [1.165, 1.54) is 7.11 Å². The number of hydrogen-bond donors (Lipinski definition) is 1. The number of nitrogens with zero attached hydrogens (tertiary/aromatic N) is 1. The van der Waals surface area contributed by atoms with Crippen molar-refractivity contribution >= 4 is 11.9 Å². The number of amides is 1. The third-order valence-electron chi connectivity index (χ3n) is 4.09. The highest BCUT2D eigenvalue weighted by molar-refractivity contribution is 5.95. The average Bonchev–Trinajstić information content (AvgIpc) is 2.72. The number of aryl methyl sites for hydroxylation is 1. The fraction of sp³-hybridized carbons (Fsp3) is 0.562. The highest BCUT2D eigenvalue weighted by atomic mass is 16.5. The monoisotopic (exact) mass is 290 g/mol. The van der Waals surface area contributed by atoms with E-state index in [2.05, 4.69) is 10.3 Å². The summed E-state index contributed by atoms with van der Waals surface area (Å²) >= 11 is 0. The molecule has 114 valence electrons. The minimum atomic E-state index is -0.251. The minimum Gasteiger partial charge on any atom is -0.469 e. The molecule has 1 heterocycles. The number of rotatable bonds is 3. The molecule has 0 radical (unpaired) electrons. The van der Waals surface area contributed by atoms with Crippen LogP contribution < -0.4 is 5.32 Å². The summed E-state index contributed by atoms with van der Waals surface area (Å²) in [6, 6.07) is 3.33. The Labute approximate surface area is 125 Å². The van der Waals surface area contributed by atoms with Gasteiger partial charge in [0.25, 0.3) is 5.91 Å². The van der Waals surface area contributed by atoms with Crippen molar-refractivity contribution in [1.29, 1.82) is 0 Å². The van der Waals surface area contributed by atoms with Crippen LogP contribution in [0, 0.1) is 12.8 Å². The number of nitrogens with one attached hydrogen (secondary N) is 1. The first-order valence-electron chi connectivity index (χ1n) is 7.43. The molecule has 5 nitrogen and oxygen atoms in total. The zero-order valence-electron chi connectivity index (χ0n) is 12.6. The Hall–Kier alpha value is -1.91. The van der Waals surface area contributed by atoms with Gasteiger partial charge in [0.05, 0.1) is 18.6 Å². The van der Waals surface area contributed by atoms with Gasteiger partial charge in [-0.3, -0.25) is 14.6 Å². The molecule has 1 N–H and O–H groups in total. The Bertz CT molecular complexity index is 516. The molecule has 1 aromatic rings. The van der Waals surface area contributed by atoms with Gasteiger partial charge in [0.2, 0.25) is 0 Å². The second-order valence-corrected chi connectivity index (χ2v) is 5.48. The Morgan fingerprint density at radius 1 is 1.29 bits per heavy atom. The van der Waals surface area contributed by atoms with Crippen LogP contribution in [0.15, 0.2) is 18.3 Å². The van der Waals surface area contributed by atoms with Gasteiger partial charge >= 0.3 is 5.97 Å². The predicted molar refractivity (Wildman–Crippen MR) is 78.8 cm³/mol. The van der Waals surface area contributed by atoms with Crippen LogP contribution in [0.4, 0.5) is 0 Å². The number of pyridine rings is 1. The normalized spacial score (nSPS) is 22.2. The molecule has 1 aromatic heterocycles. The number of methoxy groups -OCH3 is 1. The van der Waals surface area contributed by atoms with E-state index >= 15 is 0 Å². The lowest BCUT2D eigenvalue weighted by atomic mass is 9.94. The summed E-state index contributed by atoms with van der Waals surface area (Å²) in [6.45, 7) is 1.81. The van der Waals surface area contributed by atoms with Gasteiger partial charge in [0, 0.05) is 17.9 Å². The maximum absolute atomic E-state index is 12.4. The summed E-state index contributed by atoms with van der Waals surface area (Å²) in [6.07, 6.45) is 6.35. The van der Waals surface area contributed by atoms with E-state index in [-0.39, 0.29) is 23.8 Å². The van der Waals surface area contributed by atoms with Crippen molar-refractivity contribution in [3.05, 3.63) is 29.6 Å². The lowest BCUT2D eigenvalue weighted by Crippen LogP contribution is -2.43. The maximum atomic E-state index is 12.4. The van der Waals surface area contributed by atoms with Gasteiger partial charge in [0.15, 0.2) is 0 Å². The van der Waals surface area contributed by atoms with Gasteiger partial charge < -0.3 is 10.1 Å². The average molecular weight is 290 g/mol. The van der Waals surface area contributed by atoms with E-state index in [0.717, 1.165) is 32.1 Å². The molecule has 21 heavy (non-hydrogen) atoms. The van der Waals surface area contributed by atoms with Crippen LogP contribution in [-0.2, 0) is 9.53 Å². The van der Waals surface area contributed by atoms with Gasteiger partial charge in [-0.15, -0.1) is 0 Å². The minimum absolute atomic E-state index is 0.160. The summed E-state index contributed by atoms with van der Waals surface area (Å²) in [5, 5.41) is 3.00. The number of carbonyl (C=O) groups excluding carboxylic acids is 2. The van der Waals surface area contributed by atoms with Gasteiger partial charge in [-0.25, -0.2) is 0 Å². The van der Waals surface area contributed by atoms with Crippen molar-refractivity contribution in [2.24, 2.45) is 5.92 Å². The third kappa shape index (κ3) is 3.80. The molecule has 1 saturated carbocycles. The van der Waals surface area contributed by atoms with Crippen molar-refractivity contribution in [1.82, 2.24) is 10.3 Å². The van der Waals surface area contributed by atoms with Crippen molar-refractivity contribution in [3.8, 4) is 0 Å². The highest BCUT2D eigenvalue weighted by Crippen LogP contribution is 2.25. The molecule has 0 bridgehead atoms. The Morgan fingerprint density at radius 2 is 2.05 bits per heavy atom. The first-order chi connectivity index (χ1) is 10.1. The molecule has 2 unspecified atom stereocenters. The Kier molecular flexibility index (Phi) is 5.31. The largest absolute Gasteiger partial charge is 0.469 e. The van der Waals surface area contributed by atoms with Gasteiger partial charge in [-0.2, -0.15) is 0 Å². The second-order valence-electron chi connectivity index (χ2n) is 5.48. The standard InChI is InChI=1S/C16H22N2O3/c1-11-12(8-6-10-17-11)15(19)18-14-9-5-3-4-7-13(14)16(20)21-2/h6,8,10,13-14H,3-5,7,9H2,1-2H3,(H,18,19). The van der Waals surface area contributed by atoms with Crippen molar-refractivity contribution < 1.29 is 14.3 Å². The predicted octanol–water partition coefficient (Wildman–Crippen LogP) is 2.24. The highest BCUT2D eigenvalue weighted by Gasteiger charge is 2.31. The molecule has 2 rings (SSSR count). The fourth-order valence-corrected chi connectivity index (χ4v) is 2.88. The summed E-state index contributed by atoms with van der Waals surface area (Å²) in [5.41, 5.74) is 1.25. The van der Waals surface area contributed by atoms with Crippen LogP contribution in [0.1, 0.15) is 48.2 Å². The lowest BCUT2D eigenvalue weighted by molar-refractivity contribution is -0.146. The van der Waals surface area contributed by atoms with E-state index in [4.69, 9.17) is 4.74 Å². The Balaban J connectivity index is 2.12. The van der Waals surface area contributed by atoms with Crippen molar-refractivity contribution in [3.63, 3.8) is 0 Å². The molecular weight excluding hydrogens is 268 g/mol. The van der Waals surface area contributed by atoms with E-state index in [0.29, 0.717) is 11.3 Å². The number of hydrogen-bond acceptors (Lipinski definition) is 4. The number of aromatic nitrogens is 1. The third-order valence-corrected chi connectivity index (χ3v) is 4.09. The smallest absolute Gasteiger partial charge is 0.310 e. The number of ether oxygens (including phenoxy) is 1. The van der Waals surface area contributed by atoms with Gasteiger partial charge in [-0.1, -0.05) is 19.3 Å². The van der Waals surface area contributed by atoms with Crippen LogP contribution in [0.2, 0.25) is 0 Å². The molecular formula is C16H22N2O3. The second kappa shape index (κ2) is 7.20. The number of esters is 1.